The Morgan fingerprint density at radius 3 is 2.46 bits per heavy atom. The molecule has 0 aliphatic rings. The van der Waals surface area contributed by atoms with Crippen LogP contribution in [0.15, 0.2) is 36.5 Å². The highest BCUT2D eigenvalue weighted by Gasteiger charge is 2.17. The van der Waals surface area contributed by atoms with Crippen molar-refractivity contribution in [1.29, 1.82) is 0 Å². The SMILES string of the molecule is CCCN(CCC)C(=O)c1cc(C(=O)Nc2ccc(F)c(Cl)c2)ccn1. The van der Waals surface area contributed by atoms with Crippen LogP contribution in [-0.2, 0) is 0 Å². The summed E-state index contributed by atoms with van der Waals surface area (Å²) in [6.07, 6.45) is 3.12. The van der Waals surface area contributed by atoms with Crippen LogP contribution in [0.3, 0.4) is 0 Å². The Morgan fingerprint density at radius 1 is 1.15 bits per heavy atom. The Hall–Kier alpha value is -2.47. The van der Waals surface area contributed by atoms with Gasteiger partial charge >= 0.3 is 0 Å². The summed E-state index contributed by atoms with van der Waals surface area (Å²) in [6.45, 7) is 5.28. The second-order valence-electron chi connectivity index (χ2n) is 5.80. The van der Waals surface area contributed by atoms with Crippen molar-refractivity contribution in [2.24, 2.45) is 0 Å². The molecule has 1 aromatic heterocycles. The van der Waals surface area contributed by atoms with Crippen LogP contribution >= 0.6 is 11.6 Å². The lowest BCUT2D eigenvalue weighted by atomic mass is 10.2. The van der Waals surface area contributed by atoms with Gasteiger partial charge < -0.3 is 10.2 Å². The van der Waals surface area contributed by atoms with Gasteiger partial charge in [0, 0.05) is 30.5 Å². The van der Waals surface area contributed by atoms with Crippen molar-refractivity contribution >= 4 is 29.1 Å². The maximum atomic E-state index is 13.2. The molecule has 0 spiro atoms. The normalized spacial score (nSPS) is 10.5. The van der Waals surface area contributed by atoms with E-state index in [4.69, 9.17) is 11.6 Å². The Kier molecular flexibility index (Phi) is 7.09. The number of hydrogen-bond acceptors (Lipinski definition) is 3. The third-order valence-corrected chi connectivity index (χ3v) is 3.98. The molecule has 0 unspecified atom stereocenters. The van der Waals surface area contributed by atoms with Crippen molar-refractivity contribution in [2.75, 3.05) is 18.4 Å². The molecule has 26 heavy (non-hydrogen) atoms. The molecule has 0 fully saturated rings. The largest absolute Gasteiger partial charge is 0.337 e. The van der Waals surface area contributed by atoms with E-state index in [1.165, 1.54) is 36.5 Å². The molecule has 2 aromatic rings. The van der Waals surface area contributed by atoms with E-state index in [1.807, 2.05) is 13.8 Å². The van der Waals surface area contributed by atoms with E-state index < -0.39 is 11.7 Å². The van der Waals surface area contributed by atoms with E-state index in [-0.39, 0.29) is 22.2 Å². The summed E-state index contributed by atoms with van der Waals surface area (Å²) in [7, 11) is 0. The molecule has 0 atom stereocenters. The van der Waals surface area contributed by atoms with Crippen molar-refractivity contribution in [3.63, 3.8) is 0 Å². The van der Waals surface area contributed by atoms with Crippen LogP contribution in [0.1, 0.15) is 47.5 Å². The molecule has 138 valence electrons. The zero-order valence-corrected chi connectivity index (χ0v) is 15.5. The quantitative estimate of drug-likeness (QED) is 0.778. The molecule has 0 saturated heterocycles. The third-order valence-electron chi connectivity index (χ3n) is 3.69. The first-order chi connectivity index (χ1) is 12.5. The minimum absolute atomic E-state index is 0.0804. The molecule has 0 saturated carbocycles. The number of rotatable bonds is 7. The predicted octanol–water partition coefficient (Wildman–Crippen LogP) is 4.39. The summed E-state index contributed by atoms with van der Waals surface area (Å²) in [5, 5.41) is 2.55. The average Bonchev–Trinajstić information content (AvgIpc) is 2.64. The van der Waals surface area contributed by atoms with Gasteiger partial charge in [-0.2, -0.15) is 0 Å². The second-order valence-corrected chi connectivity index (χ2v) is 6.21. The Labute approximate surface area is 157 Å². The van der Waals surface area contributed by atoms with E-state index in [0.717, 1.165) is 12.8 Å². The molecule has 0 aliphatic carbocycles. The van der Waals surface area contributed by atoms with E-state index >= 15 is 0 Å². The second kappa shape index (κ2) is 9.29. The van der Waals surface area contributed by atoms with E-state index in [0.29, 0.717) is 18.8 Å². The minimum atomic E-state index is -0.562. The van der Waals surface area contributed by atoms with Gasteiger partial charge in [0.25, 0.3) is 11.8 Å². The predicted molar refractivity (Wildman–Crippen MR) is 100 cm³/mol. The molecule has 5 nitrogen and oxygen atoms in total. The van der Waals surface area contributed by atoms with Crippen molar-refractivity contribution < 1.29 is 14.0 Å². The molecule has 1 heterocycles. The lowest BCUT2D eigenvalue weighted by Crippen LogP contribution is -2.33. The van der Waals surface area contributed by atoms with E-state index in [1.54, 1.807) is 4.90 Å². The van der Waals surface area contributed by atoms with Crippen molar-refractivity contribution in [3.05, 3.63) is 58.6 Å². The molecule has 2 amide bonds. The molecule has 0 aliphatic heterocycles. The maximum absolute atomic E-state index is 13.2. The fraction of sp³-hybridized carbons (Fsp3) is 0.316. The number of anilines is 1. The smallest absolute Gasteiger partial charge is 0.272 e. The number of aromatic nitrogens is 1. The van der Waals surface area contributed by atoms with E-state index in [9.17, 15) is 14.0 Å². The molecule has 0 radical (unpaired) electrons. The first kappa shape index (κ1) is 19.8. The zero-order chi connectivity index (χ0) is 19.1. The number of pyridine rings is 1. The number of nitrogens with zero attached hydrogens (tertiary/aromatic N) is 2. The van der Waals surface area contributed by atoms with E-state index in [2.05, 4.69) is 10.3 Å². The summed E-state index contributed by atoms with van der Waals surface area (Å²) in [6, 6.07) is 6.89. The Bertz CT molecular complexity index is 792. The highest BCUT2D eigenvalue weighted by Crippen LogP contribution is 2.20. The Balaban J connectivity index is 2.17. The van der Waals surface area contributed by atoms with Gasteiger partial charge in [-0.3, -0.25) is 14.6 Å². The van der Waals surface area contributed by atoms with Gasteiger partial charge in [0.15, 0.2) is 0 Å². The molecule has 7 heteroatoms. The number of benzene rings is 1. The summed E-state index contributed by atoms with van der Waals surface area (Å²) >= 11 is 5.72. The Morgan fingerprint density at radius 2 is 1.85 bits per heavy atom. The number of hydrogen-bond donors (Lipinski definition) is 1. The van der Waals surface area contributed by atoms with Crippen LogP contribution in [0.5, 0.6) is 0 Å². The number of amides is 2. The van der Waals surface area contributed by atoms with Crippen molar-refractivity contribution in [1.82, 2.24) is 9.88 Å². The highest BCUT2D eigenvalue weighted by molar-refractivity contribution is 6.31. The molecule has 1 aromatic carbocycles. The summed E-state index contributed by atoms with van der Waals surface area (Å²) in [5.41, 5.74) is 0.873. The zero-order valence-electron chi connectivity index (χ0n) is 14.8. The van der Waals surface area contributed by atoms with Crippen LogP contribution in [0.25, 0.3) is 0 Å². The maximum Gasteiger partial charge on any atom is 0.272 e. The van der Waals surface area contributed by atoms with Crippen LogP contribution in [-0.4, -0.2) is 34.8 Å². The monoisotopic (exact) mass is 377 g/mol. The van der Waals surface area contributed by atoms with Gasteiger partial charge in [-0.15, -0.1) is 0 Å². The van der Waals surface area contributed by atoms with Crippen LogP contribution in [0.2, 0.25) is 5.02 Å². The molecule has 2 rings (SSSR count). The van der Waals surface area contributed by atoms with Gasteiger partial charge in [0.1, 0.15) is 11.5 Å². The fourth-order valence-corrected chi connectivity index (χ4v) is 2.66. The molecular formula is C19H21ClFN3O2. The third kappa shape index (κ3) is 5.02. The number of carbonyl (C=O) groups is 2. The fourth-order valence-electron chi connectivity index (χ4n) is 2.48. The van der Waals surface area contributed by atoms with Crippen molar-refractivity contribution in [3.8, 4) is 0 Å². The number of nitrogens with one attached hydrogen (secondary N) is 1. The number of halogens is 2. The van der Waals surface area contributed by atoms with Gasteiger partial charge in [-0.05, 0) is 43.2 Å². The summed E-state index contributed by atoms with van der Waals surface area (Å²) < 4.78 is 13.2. The first-order valence-corrected chi connectivity index (χ1v) is 8.85. The van der Waals surface area contributed by atoms with Crippen molar-refractivity contribution in [2.45, 2.75) is 26.7 Å². The van der Waals surface area contributed by atoms with Crippen LogP contribution in [0, 0.1) is 5.82 Å². The molecular weight excluding hydrogens is 357 g/mol. The minimum Gasteiger partial charge on any atom is -0.337 e. The summed E-state index contributed by atoms with van der Waals surface area (Å²) in [5.74, 6) is -1.19. The topological polar surface area (TPSA) is 62.3 Å². The molecule has 1 N–H and O–H groups in total. The van der Waals surface area contributed by atoms with Crippen LogP contribution in [0.4, 0.5) is 10.1 Å². The standard InChI is InChI=1S/C19H21ClFN3O2/c1-3-9-24(10-4-2)19(26)17-11-13(7-8-22-17)18(25)23-14-5-6-16(21)15(20)12-14/h5-8,11-12H,3-4,9-10H2,1-2H3,(H,23,25). The van der Waals surface area contributed by atoms with Gasteiger partial charge in [0.05, 0.1) is 5.02 Å². The van der Waals surface area contributed by atoms with Gasteiger partial charge in [-0.1, -0.05) is 25.4 Å². The first-order valence-electron chi connectivity index (χ1n) is 8.48. The average molecular weight is 378 g/mol. The van der Waals surface area contributed by atoms with Gasteiger partial charge in [0.2, 0.25) is 0 Å². The lowest BCUT2D eigenvalue weighted by molar-refractivity contribution is 0.0749. The van der Waals surface area contributed by atoms with Crippen LogP contribution < -0.4 is 5.32 Å². The highest BCUT2D eigenvalue weighted by atomic mass is 35.5. The summed E-state index contributed by atoms with van der Waals surface area (Å²) in [4.78, 5) is 30.8. The number of carbonyl (C=O) groups excluding carboxylic acids is 2. The van der Waals surface area contributed by atoms with Gasteiger partial charge in [-0.25, -0.2) is 4.39 Å². The lowest BCUT2D eigenvalue weighted by Gasteiger charge is -2.21. The molecule has 0 bridgehead atoms.